The highest BCUT2D eigenvalue weighted by molar-refractivity contribution is 5.99. The van der Waals surface area contributed by atoms with Crippen LogP contribution in [0.25, 0.3) is 22.1 Å². The second-order valence-electron chi connectivity index (χ2n) is 14.6. The number of halogens is 1. The van der Waals surface area contributed by atoms with Crippen LogP contribution in [0.5, 0.6) is 0 Å². The van der Waals surface area contributed by atoms with Crippen LogP contribution >= 0.6 is 12.4 Å². The highest BCUT2D eigenvalue weighted by Gasteiger charge is 2.60. The molecule has 8 heterocycles. The highest BCUT2D eigenvalue weighted by atomic mass is 35.5. The van der Waals surface area contributed by atoms with Gasteiger partial charge in [-0.3, -0.25) is 14.6 Å². The summed E-state index contributed by atoms with van der Waals surface area (Å²) in [7, 11) is 3.98. The van der Waals surface area contributed by atoms with Crippen LogP contribution in [0.3, 0.4) is 0 Å². The normalized spacial score (nSPS) is 29.0. The van der Waals surface area contributed by atoms with Gasteiger partial charge >= 0.3 is 6.15 Å². The van der Waals surface area contributed by atoms with E-state index in [2.05, 4.69) is 25.8 Å². The van der Waals surface area contributed by atoms with Crippen LogP contribution in [-0.4, -0.2) is 84.1 Å². The van der Waals surface area contributed by atoms with Crippen LogP contribution in [0.15, 0.2) is 55.1 Å². The van der Waals surface area contributed by atoms with Gasteiger partial charge in [0.15, 0.2) is 5.78 Å². The van der Waals surface area contributed by atoms with Crippen LogP contribution in [0, 0.1) is 17.8 Å². The lowest BCUT2D eigenvalue weighted by Gasteiger charge is -2.52. The Morgan fingerprint density at radius 1 is 0.792 bits per heavy atom. The van der Waals surface area contributed by atoms with Crippen molar-refractivity contribution >= 4 is 46.4 Å². The molecule has 8 fully saturated rings. The second kappa shape index (κ2) is 13.8. The minimum absolute atomic E-state index is 0. The number of aryl methyl sites for hydroxylation is 2. The zero-order valence-corrected chi connectivity index (χ0v) is 28.9. The van der Waals surface area contributed by atoms with Gasteiger partial charge in [0.1, 0.15) is 0 Å². The Morgan fingerprint density at radius 2 is 1.31 bits per heavy atom. The lowest BCUT2D eigenvalue weighted by atomic mass is 9.69. The van der Waals surface area contributed by atoms with Gasteiger partial charge in [-0.2, -0.15) is 9.59 Å². The topological polar surface area (TPSA) is 119 Å². The number of para-hydroxylation sites is 2. The molecule has 4 aromatic rings. The Kier molecular flexibility index (Phi) is 9.94. The molecule has 2 spiro atoms. The molecule has 0 amide bonds. The van der Waals surface area contributed by atoms with Gasteiger partial charge < -0.3 is 14.9 Å². The molecular weight excluding hydrogens is 626 g/mol. The minimum Gasteiger partial charge on any atom is -0.334 e. The predicted molar refractivity (Wildman–Crippen MR) is 187 cm³/mol. The number of fused-ring (bicyclic) bond motifs is 6. The smallest absolute Gasteiger partial charge is 0.334 e. The maximum absolute atomic E-state index is 12.9. The van der Waals surface area contributed by atoms with Crippen LogP contribution in [-0.2, 0) is 23.7 Å². The molecule has 0 radical (unpaired) electrons. The first-order valence-electron chi connectivity index (χ1n) is 17.3. The fraction of sp³-hybridized carbons (Fsp3) is 0.568. The van der Waals surface area contributed by atoms with E-state index in [1.54, 1.807) is 0 Å². The Balaban J connectivity index is 0.000000134. The quantitative estimate of drug-likeness (QED) is 0.302. The molecule has 2 aromatic carbocycles. The van der Waals surface area contributed by atoms with Crippen LogP contribution < -0.4 is 5.73 Å². The first kappa shape index (κ1) is 34.5. The number of imidazole rings is 2. The summed E-state index contributed by atoms with van der Waals surface area (Å²) in [5.74, 6) is 2.52. The highest BCUT2D eigenvalue weighted by Crippen LogP contribution is 2.58. The molecule has 2 atom stereocenters. The first-order valence-corrected chi connectivity index (χ1v) is 17.3. The van der Waals surface area contributed by atoms with Crippen molar-refractivity contribution in [3.63, 3.8) is 0 Å². The molecule has 48 heavy (non-hydrogen) atoms. The van der Waals surface area contributed by atoms with Crippen LogP contribution in [0.2, 0.25) is 0 Å². The summed E-state index contributed by atoms with van der Waals surface area (Å²) in [6, 6.07) is 14.6. The van der Waals surface area contributed by atoms with Crippen molar-refractivity contribution in [1.82, 2.24) is 28.9 Å². The molecule has 0 unspecified atom stereocenters. The molecule has 12 rings (SSSR count). The van der Waals surface area contributed by atoms with E-state index in [1.165, 1.54) is 83.1 Å². The molecule has 2 aromatic heterocycles. The zero-order chi connectivity index (χ0) is 32.8. The number of carbonyl (C=O) groups excluding carboxylic acids is 3. The molecule has 10 nitrogen and oxygen atoms in total. The van der Waals surface area contributed by atoms with Gasteiger partial charge in [-0.15, -0.1) is 12.4 Å². The van der Waals surface area contributed by atoms with Crippen molar-refractivity contribution in [1.29, 1.82) is 0 Å². The predicted octanol–water partition coefficient (Wildman–Crippen LogP) is 5.00. The Hall–Kier alpha value is -3.40. The number of carbonyl (C=O) groups is 1. The number of ketones is 1. The van der Waals surface area contributed by atoms with E-state index in [-0.39, 0.29) is 18.6 Å². The average Bonchev–Trinajstić information content (AvgIpc) is 4.01. The molecule has 2 N–H and O–H groups in total. The molecule has 2 saturated carbocycles. The maximum atomic E-state index is 12.9. The number of aromatic nitrogens is 4. The summed E-state index contributed by atoms with van der Waals surface area (Å²) in [5, 5.41) is 0. The summed E-state index contributed by atoms with van der Waals surface area (Å²) in [6.45, 7) is 5.18. The van der Waals surface area contributed by atoms with E-state index in [4.69, 9.17) is 15.3 Å². The van der Waals surface area contributed by atoms with E-state index in [0.29, 0.717) is 28.8 Å². The van der Waals surface area contributed by atoms with Crippen molar-refractivity contribution in [2.75, 3.05) is 26.2 Å². The molecule has 256 valence electrons. The summed E-state index contributed by atoms with van der Waals surface area (Å²) < 4.78 is 4.01. The minimum atomic E-state index is 0. The standard InChI is InChI=1S/C19H23N3O.C9H16N2.C8H8N2.CO2.ClH/c1-21-12-20-16-10-14(2-3-17(16)21)18(23)11-15-13-4-8-22(9-5-13)19(15)6-7-19;10-8-7-1-5-11(6-2-7)9(8)3-4-9;1-10-6-9-7-4-2-3-5-8(7)10;2-1-3;/h2-3,10,12-13,15H,4-9,11H2,1H3;7-8H,1-6,10H2;2-6H,1H3;;1H/t15-;8-;;;/m11.../s1. The van der Waals surface area contributed by atoms with Crippen molar-refractivity contribution in [2.24, 2.45) is 37.6 Å². The number of hydrogen-bond acceptors (Lipinski definition) is 8. The van der Waals surface area contributed by atoms with Gasteiger partial charge in [0.2, 0.25) is 0 Å². The molecule has 4 bridgehead atoms. The lowest BCUT2D eigenvalue weighted by molar-refractivity contribution is -0.191. The number of benzene rings is 2. The first-order chi connectivity index (χ1) is 22.8. The summed E-state index contributed by atoms with van der Waals surface area (Å²) in [6.07, 6.45) is 15.3. The van der Waals surface area contributed by atoms with E-state index in [1.807, 2.05) is 72.3 Å². The number of nitrogens with two attached hydrogens (primary N) is 1. The largest absolute Gasteiger partial charge is 0.373 e. The van der Waals surface area contributed by atoms with Gasteiger partial charge in [0.05, 0.1) is 34.7 Å². The Bertz CT molecular complexity index is 1770. The summed E-state index contributed by atoms with van der Waals surface area (Å²) in [5.41, 5.74) is 12.2. The third-order valence-electron chi connectivity index (χ3n) is 12.3. The fourth-order valence-corrected chi connectivity index (χ4v) is 9.43. The number of rotatable bonds is 3. The van der Waals surface area contributed by atoms with E-state index in [9.17, 15) is 4.79 Å². The van der Waals surface area contributed by atoms with Crippen molar-refractivity contribution < 1.29 is 14.4 Å². The summed E-state index contributed by atoms with van der Waals surface area (Å²) >= 11 is 0. The number of nitrogens with zero attached hydrogens (tertiary/aromatic N) is 6. The average molecular weight is 674 g/mol. The van der Waals surface area contributed by atoms with Gasteiger partial charge in [-0.25, -0.2) is 9.97 Å². The number of piperidine rings is 6. The maximum Gasteiger partial charge on any atom is 0.373 e. The Morgan fingerprint density at radius 3 is 1.85 bits per heavy atom. The van der Waals surface area contributed by atoms with Gasteiger partial charge in [-0.1, -0.05) is 12.1 Å². The molecule has 2 aliphatic carbocycles. The second-order valence-corrected chi connectivity index (χ2v) is 14.6. The van der Waals surface area contributed by atoms with Crippen LogP contribution in [0.4, 0.5) is 0 Å². The SMILES string of the molecule is Cl.Cn1cnc2cc(C(=O)C[C@@H]3C4CCN(CC4)C34CC4)ccc21.Cn1cnc2ccccc21.N[C@@H]1C2CCN(CC2)C12CC2.O=C=O. The molecule has 11 heteroatoms. The van der Waals surface area contributed by atoms with Gasteiger partial charge in [-0.05, 0) is 126 Å². The number of hydrogen-bond donors (Lipinski definition) is 1. The van der Waals surface area contributed by atoms with Crippen molar-refractivity contribution in [3.8, 4) is 0 Å². The number of Topliss-reactive ketones (excluding diaryl/α,β-unsaturated/α-hetero) is 1. The third-order valence-corrected chi connectivity index (χ3v) is 12.3. The molecular formula is C37H48ClN7O3. The molecule has 8 aliphatic rings. The molecule has 6 saturated heterocycles. The zero-order valence-electron chi connectivity index (χ0n) is 28.1. The van der Waals surface area contributed by atoms with Gasteiger partial charge in [0, 0.05) is 43.2 Å². The van der Waals surface area contributed by atoms with Crippen molar-refractivity contribution in [3.05, 3.63) is 60.7 Å². The Labute approximate surface area is 288 Å². The van der Waals surface area contributed by atoms with Gasteiger partial charge in [0.25, 0.3) is 0 Å². The van der Waals surface area contributed by atoms with Crippen molar-refractivity contribution in [2.45, 2.75) is 74.9 Å². The molecule has 6 aliphatic heterocycles. The van der Waals surface area contributed by atoms with E-state index >= 15 is 0 Å². The lowest BCUT2D eigenvalue weighted by Crippen LogP contribution is -2.63. The van der Waals surface area contributed by atoms with E-state index in [0.717, 1.165) is 40.4 Å². The summed E-state index contributed by atoms with van der Waals surface area (Å²) in [4.78, 5) is 43.1. The fourth-order valence-electron chi connectivity index (χ4n) is 9.43. The monoisotopic (exact) mass is 673 g/mol. The third kappa shape index (κ3) is 6.25. The van der Waals surface area contributed by atoms with E-state index < -0.39 is 0 Å². The van der Waals surface area contributed by atoms with Crippen LogP contribution in [0.1, 0.15) is 68.1 Å².